The van der Waals surface area contributed by atoms with Crippen molar-refractivity contribution in [2.24, 2.45) is 17.3 Å². The van der Waals surface area contributed by atoms with Crippen LogP contribution in [0.1, 0.15) is 56.1 Å². The van der Waals surface area contributed by atoms with E-state index in [1.807, 2.05) is 24.3 Å². The molecule has 0 aliphatic heterocycles. The molecule has 3 nitrogen and oxygen atoms in total. The smallest absolute Gasteiger partial charge is 0.139 e. The number of nitrogen functional groups attached to an aromatic ring is 1. The molecule has 2 N–H and O–H groups in total. The minimum Gasteiger partial charge on any atom is -0.457 e. The highest BCUT2D eigenvalue weighted by Gasteiger charge is 2.54. The molecule has 3 heteroatoms. The van der Waals surface area contributed by atoms with E-state index in [9.17, 15) is 4.79 Å². The van der Waals surface area contributed by atoms with E-state index in [-0.39, 0.29) is 5.41 Å². The molecule has 140 valence electrons. The fourth-order valence-corrected chi connectivity index (χ4v) is 6.07. The van der Waals surface area contributed by atoms with Gasteiger partial charge in [-0.1, -0.05) is 13.0 Å². The van der Waals surface area contributed by atoms with Crippen molar-refractivity contribution in [1.29, 1.82) is 0 Å². The minimum absolute atomic E-state index is 0.0448. The Morgan fingerprint density at radius 2 is 1.78 bits per heavy atom. The van der Waals surface area contributed by atoms with Crippen LogP contribution in [0.3, 0.4) is 0 Å². The SMILES string of the molecule is C[C@]12CC[C@@H]3c4ccc(Oc5ccc(N)cc5)cc4CC[C@H]3[C@@H]1CCC2=O. The van der Waals surface area contributed by atoms with E-state index in [1.165, 1.54) is 17.5 Å². The number of carbonyl (C=O) groups is 1. The fourth-order valence-electron chi connectivity index (χ4n) is 6.07. The Labute approximate surface area is 160 Å². The summed E-state index contributed by atoms with van der Waals surface area (Å²) in [7, 11) is 0. The molecule has 0 saturated heterocycles. The summed E-state index contributed by atoms with van der Waals surface area (Å²) in [6.45, 7) is 2.24. The molecule has 5 rings (SSSR count). The number of hydrogen-bond acceptors (Lipinski definition) is 3. The number of carbonyl (C=O) groups excluding carboxylic acids is 1. The number of aryl methyl sites for hydroxylation is 1. The maximum absolute atomic E-state index is 12.5. The lowest BCUT2D eigenvalue weighted by Crippen LogP contribution is -2.42. The van der Waals surface area contributed by atoms with Crippen LogP contribution in [0.15, 0.2) is 42.5 Å². The van der Waals surface area contributed by atoms with Gasteiger partial charge in [0.25, 0.3) is 0 Å². The maximum Gasteiger partial charge on any atom is 0.139 e. The van der Waals surface area contributed by atoms with Crippen molar-refractivity contribution in [3.8, 4) is 11.5 Å². The molecule has 27 heavy (non-hydrogen) atoms. The lowest BCUT2D eigenvalue weighted by Gasteiger charge is -2.48. The molecule has 2 saturated carbocycles. The molecule has 0 bridgehead atoms. The van der Waals surface area contributed by atoms with Gasteiger partial charge in [0.05, 0.1) is 0 Å². The van der Waals surface area contributed by atoms with Gasteiger partial charge in [-0.25, -0.2) is 0 Å². The van der Waals surface area contributed by atoms with Crippen molar-refractivity contribution in [2.45, 2.75) is 51.4 Å². The van der Waals surface area contributed by atoms with E-state index in [0.717, 1.165) is 49.3 Å². The summed E-state index contributed by atoms with van der Waals surface area (Å²) >= 11 is 0. The molecule has 2 aromatic carbocycles. The Kier molecular flexibility index (Phi) is 3.82. The second kappa shape index (κ2) is 6.12. The average molecular weight is 361 g/mol. The number of nitrogens with two attached hydrogens (primary N) is 1. The fraction of sp³-hybridized carbons (Fsp3) is 0.458. The van der Waals surface area contributed by atoms with Crippen LogP contribution in [-0.2, 0) is 11.2 Å². The zero-order valence-electron chi connectivity index (χ0n) is 15.9. The van der Waals surface area contributed by atoms with E-state index in [0.29, 0.717) is 23.5 Å². The number of hydrogen-bond donors (Lipinski definition) is 1. The predicted octanol–water partition coefficient (Wildman–Crippen LogP) is 5.49. The summed E-state index contributed by atoms with van der Waals surface area (Å²) in [5.41, 5.74) is 9.38. The van der Waals surface area contributed by atoms with Gasteiger partial charge in [0, 0.05) is 17.5 Å². The van der Waals surface area contributed by atoms with Crippen LogP contribution < -0.4 is 10.5 Å². The Morgan fingerprint density at radius 3 is 2.59 bits per heavy atom. The summed E-state index contributed by atoms with van der Waals surface area (Å²) in [6.07, 6.45) is 6.40. The second-order valence-electron chi connectivity index (χ2n) is 8.87. The summed E-state index contributed by atoms with van der Waals surface area (Å²) in [4.78, 5) is 12.5. The highest BCUT2D eigenvalue weighted by molar-refractivity contribution is 5.87. The average Bonchev–Trinajstić information content (AvgIpc) is 2.98. The van der Waals surface area contributed by atoms with Gasteiger partial charge in [-0.3, -0.25) is 4.79 Å². The maximum atomic E-state index is 12.5. The van der Waals surface area contributed by atoms with Crippen molar-refractivity contribution in [2.75, 3.05) is 5.73 Å². The molecule has 0 spiro atoms. The first kappa shape index (κ1) is 16.9. The van der Waals surface area contributed by atoms with Crippen LogP contribution in [0.4, 0.5) is 5.69 Å². The standard InChI is InChI=1S/C24H27NO2/c1-24-13-12-20-19-9-7-18(27-17-5-3-16(25)4-6-17)14-15(19)2-8-21(20)22(24)10-11-23(24)26/h3-7,9,14,20-22H,2,8,10-13,25H2,1H3/t20-,21-,22+,24+/m1/s1. The van der Waals surface area contributed by atoms with Gasteiger partial charge in [-0.05, 0) is 97.4 Å². The van der Waals surface area contributed by atoms with Gasteiger partial charge >= 0.3 is 0 Å². The molecule has 0 radical (unpaired) electrons. The van der Waals surface area contributed by atoms with Gasteiger partial charge in [0.2, 0.25) is 0 Å². The number of rotatable bonds is 2. The van der Waals surface area contributed by atoms with Gasteiger partial charge in [0.15, 0.2) is 0 Å². The Hall–Kier alpha value is -2.29. The Bertz CT molecular complexity index is 888. The molecule has 0 aromatic heterocycles. The quantitative estimate of drug-likeness (QED) is 0.720. The van der Waals surface area contributed by atoms with Gasteiger partial charge in [-0.15, -0.1) is 0 Å². The summed E-state index contributed by atoms with van der Waals surface area (Å²) < 4.78 is 6.03. The van der Waals surface area contributed by atoms with Crippen molar-refractivity contribution in [3.63, 3.8) is 0 Å². The third-order valence-corrected chi connectivity index (χ3v) is 7.52. The van der Waals surface area contributed by atoms with Crippen LogP contribution in [-0.4, -0.2) is 5.78 Å². The van der Waals surface area contributed by atoms with Crippen LogP contribution in [0, 0.1) is 17.3 Å². The minimum atomic E-state index is -0.0448. The summed E-state index contributed by atoms with van der Waals surface area (Å²) in [5.74, 6) is 4.10. The van der Waals surface area contributed by atoms with E-state index < -0.39 is 0 Å². The third-order valence-electron chi connectivity index (χ3n) is 7.52. The zero-order valence-corrected chi connectivity index (χ0v) is 15.9. The first-order valence-corrected chi connectivity index (χ1v) is 10.2. The Morgan fingerprint density at radius 1 is 1.00 bits per heavy atom. The molecular formula is C24H27NO2. The van der Waals surface area contributed by atoms with E-state index in [2.05, 4.69) is 25.1 Å². The lowest BCUT2D eigenvalue weighted by molar-refractivity contribution is -0.129. The highest BCUT2D eigenvalue weighted by Crippen LogP contribution is 2.59. The van der Waals surface area contributed by atoms with E-state index in [4.69, 9.17) is 10.5 Å². The molecule has 2 aromatic rings. The van der Waals surface area contributed by atoms with Crippen molar-refractivity contribution in [3.05, 3.63) is 53.6 Å². The number of benzene rings is 2. The second-order valence-corrected chi connectivity index (χ2v) is 8.87. The number of ether oxygens (including phenoxy) is 1. The molecule has 3 aliphatic carbocycles. The van der Waals surface area contributed by atoms with Crippen molar-refractivity contribution in [1.82, 2.24) is 0 Å². The first-order valence-electron chi connectivity index (χ1n) is 10.2. The van der Waals surface area contributed by atoms with Crippen LogP contribution in [0.25, 0.3) is 0 Å². The zero-order chi connectivity index (χ0) is 18.6. The molecule has 0 unspecified atom stereocenters. The van der Waals surface area contributed by atoms with Crippen molar-refractivity contribution < 1.29 is 9.53 Å². The largest absolute Gasteiger partial charge is 0.457 e. The van der Waals surface area contributed by atoms with Crippen LogP contribution >= 0.6 is 0 Å². The number of Topliss-reactive ketones (excluding diaryl/α,β-unsaturated/α-hetero) is 1. The number of ketones is 1. The molecule has 2 fully saturated rings. The van der Waals surface area contributed by atoms with Crippen LogP contribution in [0.2, 0.25) is 0 Å². The first-order chi connectivity index (χ1) is 13.0. The summed E-state index contributed by atoms with van der Waals surface area (Å²) in [6, 6.07) is 14.1. The predicted molar refractivity (Wildman–Crippen MR) is 107 cm³/mol. The number of anilines is 1. The molecule has 0 amide bonds. The third kappa shape index (κ3) is 2.67. The lowest BCUT2D eigenvalue weighted by atomic mass is 9.55. The molecule has 0 heterocycles. The number of fused-ring (bicyclic) bond motifs is 5. The van der Waals surface area contributed by atoms with Gasteiger partial charge in [0.1, 0.15) is 17.3 Å². The molecule has 4 atom stereocenters. The molecule has 3 aliphatic rings. The topological polar surface area (TPSA) is 52.3 Å². The van der Waals surface area contributed by atoms with E-state index in [1.54, 1.807) is 0 Å². The van der Waals surface area contributed by atoms with Crippen LogP contribution in [0.5, 0.6) is 11.5 Å². The monoisotopic (exact) mass is 361 g/mol. The van der Waals surface area contributed by atoms with Gasteiger partial charge in [-0.2, -0.15) is 0 Å². The molecular weight excluding hydrogens is 334 g/mol. The van der Waals surface area contributed by atoms with E-state index >= 15 is 0 Å². The van der Waals surface area contributed by atoms with Crippen molar-refractivity contribution >= 4 is 11.5 Å². The summed E-state index contributed by atoms with van der Waals surface area (Å²) in [5, 5.41) is 0. The normalized spacial score (nSPS) is 31.7. The highest BCUT2D eigenvalue weighted by atomic mass is 16.5. The Balaban J connectivity index is 1.40. The van der Waals surface area contributed by atoms with Gasteiger partial charge < -0.3 is 10.5 Å².